The minimum atomic E-state index is -0.658. The molecule has 1 aromatic rings. The Labute approximate surface area is 147 Å². The fourth-order valence-electron chi connectivity index (χ4n) is 3.02. The van der Waals surface area contributed by atoms with Crippen molar-refractivity contribution in [3.63, 3.8) is 0 Å². The van der Waals surface area contributed by atoms with E-state index in [1.807, 2.05) is 0 Å². The first-order valence-electron chi connectivity index (χ1n) is 8.89. The fourth-order valence-corrected chi connectivity index (χ4v) is 3.02. The number of amides is 3. The molecule has 0 bridgehead atoms. The van der Waals surface area contributed by atoms with E-state index >= 15 is 0 Å². The van der Waals surface area contributed by atoms with Crippen LogP contribution in [0.5, 0.6) is 0 Å². The van der Waals surface area contributed by atoms with E-state index in [9.17, 15) is 14.4 Å². The topological polar surface area (TPSA) is 97.6 Å². The van der Waals surface area contributed by atoms with Crippen LogP contribution in [0.15, 0.2) is 22.8 Å². The number of rotatable bonds is 8. The summed E-state index contributed by atoms with van der Waals surface area (Å²) in [5, 5.41) is 4.57. The maximum Gasteiger partial charge on any atom is 0.321 e. The number of urea groups is 1. The molecule has 0 aromatic carbocycles. The molecule has 2 N–H and O–H groups in total. The summed E-state index contributed by atoms with van der Waals surface area (Å²) in [6.07, 6.45) is 10.0. The average Bonchev–Trinajstić information content (AvgIpc) is 3.13. The van der Waals surface area contributed by atoms with Crippen molar-refractivity contribution in [2.75, 3.05) is 6.61 Å². The second-order valence-corrected chi connectivity index (χ2v) is 6.37. The van der Waals surface area contributed by atoms with Crippen LogP contribution < -0.4 is 10.6 Å². The van der Waals surface area contributed by atoms with Crippen LogP contribution in [0.4, 0.5) is 4.79 Å². The predicted molar refractivity (Wildman–Crippen MR) is 90.5 cm³/mol. The Morgan fingerprint density at radius 2 is 2.00 bits per heavy atom. The predicted octanol–water partition coefficient (Wildman–Crippen LogP) is 2.90. The van der Waals surface area contributed by atoms with Gasteiger partial charge in [-0.2, -0.15) is 0 Å². The van der Waals surface area contributed by atoms with Gasteiger partial charge in [-0.15, -0.1) is 0 Å². The van der Waals surface area contributed by atoms with Crippen LogP contribution in [0, 0.1) is 5.92 Å². The molecule has 1 heterocycles. The first-order chi connectivity index (χ1) is 12.1. The summed E-state index contributed by atoms with van der Waals surface area (Å²) in [5.74, 6) is 0.245. The van der Waals surface area contributed by atoms with E-state index in [4.69, 9.17) is 9.15 Å². The molecule has 0 aliphatic heterocycles. The SMILES string of the molecule is O=C(COC(=O)CCCC1CCCCC1)NC(=O)NCc1ccco1. The summed E-state index contributed by atoms with van der Waals surface area (Å²) in [7, 11) is 0. The van der Waals surface area contributed by atoms with Crippen LogP contribution in [0.25, 0.3) is 0 Å². The summed E-state index contributed by atoms with van der Waals surface area (Å²) >= 11 is 0. The number of nitrogens with one attached hydrogen (secondary N) is 2. The van der Waals surface area contributed by atoms with E-state index in [1.165, 1.54) is 38.4 Å². The summed E-state index contributed by atoms with van der Waals surface area (Å²) in [6, 6.07) is 2.75. The zero-order valence-electron chi connectivity index (χ0n) is 14.4. The molecule has 1 aliphatic carbocycles. The van der Waals surface area contributed by atoms with Crippen molar-refractivity contribution < 1.29 is 23.5 Å². The second kappa shape index (κ2) is 10.5. The summed E-state index contributed by atoms with van der Waals surface area (Å²) in [4.78, 5) is 34.7. The van der Waals surface area contributed by atoms with Crippen LogP contribution in [-0.2, 0) is 20.9 Å². The van der Waals surface area contributed by atoms with E-state index < -0.39 is 24.5 Å². The molecule has 25 heavy (non-hydrogen) atoms. The van der Waals surface area contributed by atoms with Gasteiger partial charge in [-0.25, -0.2) is 4.79 Å². The zero-order chi connectivity index (χ0) is 17.9. The molecule has 1 aliphatic rings. The number of furan rings is 1. The van der Waals surface area contributed by atoms with Gasteiger partial charge in [0.1, 0.15) is 5.76 Å². The minimum Gasteiger partial charge on any atom is -0.467 e. The highest BCUT2D eigenvalue weighted by molar-refractivity contribution is 5.95. The number of carbonyl (C=O) groups excluding carboxylic acids is 3. The summed E-state index contributed by atoms with van der Waals surface area (Å²) < 4.78 is 9.95. The van der Waals surface area contributed by atoms with Gasteiger partial charge in [-0.1, -0.05) is 32.1 Å². The fraction of sp³-hybridized carbons (Fsp3) is 0.611. The van der Waals surface area contributed by atoms with Crippen LogP contribution in [0.3, 0.4) is 0 Å². The van der Waals surface area contributed by atoms with Gasteiger partial charge in [0.05, 0.1) is 12.8 Å². The third kappa shape index (κ3) is 7.87. The first-order valence-corrected chi connectivity index (χ1v) is 8.89. The van der Waals surface area contributed by atoms with Gasteiger partial charge >= 0.3 is 12.0 Å². The van der Waals surface area contributed by atoms with Crippen molar-refractivity contribution >= 4 is 17.9 Å². The number of hydrogen-bond acceptors (Lipinski definition) is 5. The van der Waals surface area contributed by atoms with Crippen molar-refractivity contribution in [2.24, 2.45) is 5.92 Å². The molecule has 3 amide bonds. The molecule has 2 rings (SSSR count). The third-order valence-electron chi connectivity index (χ3n) is 4.34. The van der Waals surface area contributed by atoms with Crippen LogP contribution in [0.1, 0.15) is 57.1 Å². The summed E-state index contributed by atoms with van der Waals surface area (Å²) in [6.45, 7) is -0.274. The Morgan fingerprint density at radius 3 is 2.72 bits per heavy atom. The van der Waals surface area contributed by atoms with Gasteiger partial charge < -0.3 is 14.5 Å². The van der Waals surface area contributed by atoms with Gasteiger partial charge in [0, 0.05) is 6.42 Å². The van der Waals surface area contributed by atoms with E-state index in [1.54, 1.807) is 12.1 Å². The molecule has 1 fully saturated rings. The number of carbonyl (C=O) groups is 3. The van der Waals surface area contributed by atoms with Crippen molar-refractivity contribution in [1.29, 1.82) is 0 Å². The normalized spacial score (nSPS) is 14.7. The standard InChI is InChI=1S/C18H26N2O5/c21-16(20-18(23)19-12-15-9-5-11-24-15)13-25-17(22)10-4-8-14-6-2-1-3-7-14/h5,9,11,14H,1-4,6-8,10,12-13H2,(H2,19,20,21,23). The number of esters is 1. The lowest BCUT2D eigenvalue weighted by Crippen LogP contribution is -2.41. The Morgan fingerprint density at radius 1 is 1.20 bits per heavy atom. The van der Waals surface area contributed by atoms with E-state index in [0.29, 0.717) is 12.2 Å². The number of imide groups is 1. The molecule has 0 unspecified atom stereocenters. The highest BCUT2D eigenvalue weighted by atomic mass is 16.5. The molecular weight excluding hydrogens is 324 g/mol. The van der Waals surface area contributed by atoms with E-state index in [-0.39, 0.29) is 6.54 Å². The molecule has 0 radical (unpaired) electrons. The monoisotopic (exact) mass is 350 g/mol. The quantitative estimate of drug-likeness (QED) is 0.703. The third-order valence-corrected chi connectivity index (χ3v) is 4.34. The highest BCUT2D eigenvalue weighted by Crippen LogP contribution is 2.27. The lowest BCUT2D eigenvalue weighted by atomic mass is 9.86. The first kappa shape index (κ1) is 19.0. The van der Waals surface area contributed by atoms with Crippen molar-refractivity contribution in [2.45, 2.75) is 57.9 Å². The second-order valence-electron chi connectivity index (χ2n) is 6.37. The Kier molecular flexibility index (Phi) is 8.01. The average molecular weight is 350 g/mol. The van der Waals surface area contributed by atoms with E-state index in [0.717, 1.165) is 18.8 Å². The number of hydrogen-bond donors (Lipinski definition) is 2. The minimum absolute atomic E-state index is 0.174. The lowest BCUT2D eigenvalue weighted by molar-refractivity contribution is -0.148. The molecule has 0 spiro atoms. The van der Waals surface area contributed by atoms with Crippen molar-refractivity contribution in [3.8, 4) is 0 Å². The van der Waals surface area contributed by atoms with Crippen molar-refractivity contribution in [3.05, 3.63) is 24.2 Å². The van der Waals surface area contributed by atoms with Gasteiger partial charge in [-0.3, -0.25) is 14.9 Å². The molecule has 0 atom stereocenters. The highest BCUT2D eigenvalue weighted by Gasteiger charge is 2.15. The largest absolute Gasteiger partial charge is 0.467 e. The van der Waals surface area contributed by atoms with Gasteiger partial charge in [0.25, 0.3) is 5.91 Å². The van der Waals surface area contributed by atoms with Gasteiger partial charge in [-0.05, 0) is 30.9 Å². The van der Waals surface area contributed by atoms with Gasteiger partial charge in [0.15, 0.2) is 6.61 Å². The molecule has 1 saturated carbocycles. The Hall–Kier alpha value is -2.31. The summed E-state index contributed by atoms with van der Waals surface area (Å²) in [5.41, 5.74) is 0. The molecule has 7 heteroatoms. The maximum absolute atomic E-state index is 11.6. The van der Waals surface area contributed by atoms with Gasteiger partial charge in [0.2, 0.25) is 0 Å². The van der Waals surface area contributed by atoms with Crippen LogP contribution >= 0.6 is 0 Å². The maximum atomic E-state index is 11.6. The number of ether oxygens (including phenoxy) is 1. The molecule has 0 saturated heterocycles. The Balaban J connectivity index is 1.51. The molecule has 7 nitrogen and oxygen atoms in total. The zero-order valence-corrected chi connectivity index (χ0v) is 14.4. The molecular formula is C18H26N2O5. The smallest absolute Gasteiger partial charge is 0.321 e. The molecule has 1 aromatic heterocycles. The van der Waals surface area contributed by atoms with E-state index in [2.05, 4.69) is 10.6 Å². The van der Waals surface area contributed by atoms with Crippen LogP contribution in [0.2, 0.25) is 0 Å². The lowest BCUT2D eigenvalue weighted by Gasteiger charge is -2.20. The molecule has 138 valence electrons. The van der Waals surface area contributed by atoms with Crippen LogP contribution in [-0.4, -0.2) is 24.5 Å². The Bertz CT molecular complexity index is 550. The van der Waals surface area contributed by atoms with Crippen molar-refractivity contribution in [1.82, 2.24) is 10.6 Å².